The Morgan fingerprint density at radius 2 is 1.86 bits per heavy atom. The minimum atomic E-state index is -0.647. The third-order valence-corrected chi connectivity index (χ3v) is 5.58. The summed E-state index contributed by atoms with van der Waals surface area (Å²) >= 11 is 0. The van der Waals surface area contributed by atoms with Crippen LogP contribution in [-0.2, 0) is 16.1 Å². The van der Waals surface area contributed by atoms with Crippen molar-refractivity contribution in [2.24, 2.45) is 0 Å². The van der Waals surface area contributed by atoms with Crippen LogP contribution in [0.4, 0.5) is 5.69 Å². The number of imide groups is 1. The Balaban J connectivity index is 1.72. The Kier molecular flexibility index (Phi) is 6.29. The summed E-state index contributed by atoms with van der Waals surface area (Å²) in [5, 5.41) is 20.6. The van der Waals surface area contributed by atoms with E-state index in [4.69, 9.17) is 9.15 Å². The van der Waals surface area contributed by atoms with Gasteiger partial charge in [-0.1, -0.05) is 30.3 Å². The second kappa shape index (κ2) is 9.49. The maximum absolute atomic E-state index is 13.3. The molecule has 2 aromatic carbocycles. The first kappa shape index (κ1) is 23.2. The zero-order chi connectivity index (χ0) is 25.1. The van der Waals surface area contributed by atoms with E-state index in [1.165, 1.54) is 31.4 Å². The van der Waals surface area contributed by atoms with Gasteiger partial charge in [0.15, 0.2) is 0 Å². The third-order valence-electron chi connectivity index (χ3n) is 5.58. The lowest BCUT2D eigenvalue weighted by molar-refractivity contribution is -0.384. The number of rotatable bonds is 6. The molecule has 0 spiro atoms. The minimum Gasteiger partial charge on any atom is -0.496 e. The van der Waals surface area contributed by atoms with Gasteiger partial charge in [0.05, 0.1) is 30.2 Å². The molecule has 1 aliphatic heterocycles. The van der Waals surface area contributed by atoms with Crippen LogP contribution >= 0.6 is 0 Å². The molecule has 0 saturated heterocycles. The first-order valence-corrected chi connectivity index (χ1v) is 10.5. The molecule has 3 aromatic rings. The highest BCUT2D eigenvalue weighted by molar-refractivity contribution is 6.19. The number of nitro groups is 1. The van der Waals surface area contributed by atoms with Gasteiger partial charge in [-0.05, 0) is 42.3 Å². The minimum absolute atomic E-state index is 0.0255. The molecule has 1 aliphatic rings. The van der Waals surface area contributed by atoms with Crippen molar-refractivity contribution in [1.29, 1.82) is 5.26 Å². The van der Waals surface area contributed by atoms with E-state index in [2.05, 4.69) is 0 Å². The second-order valence-electron chi connectivity index (χ2n) is 7.70. The number of non-ortho nitro benzene ring substituents is 1. The molecule has 0 saturated carbocycles. The van der Waals surface area contributed by atoms with E-state index in [0.29, 0.717) is 17.1 Å². The first-order valence-electron chi connectivity index (χ1n) is 10.5. The van der Waals surface area contributed by atoms with E-state index >= 15 is 0 Å². The Labute approximate surface area is 200 Å². The Morgan fingerprint density at radius 1 is 1.11 bits per heavy atom. The molecule has 9 nitrogen and oxygen atoms in total. The normalized spacial score (nSPS) is 14.9. The average Bonchev–Trinajstić information content (AvgIpc) is 3.33. The van der Waals surface area contributed by atoms with Gasteiger partial charge in [0.1, 0.15) is 28.9 Å². The van der Waals surface area contributed by atoms with Crippen LogP contribution in [0.2, 0.25) is 0 Å². The van der Waals surface area contributed by atoms with Gasteiger partial charge in [0, 0.05) is 11.6 Å². The van der Waals surface area contributed by atoms with Gasteiger partial charge in [0.25, 0.3) is 17.5 Å². The number of amides is 2. The lowest BCUT2D eigenvalue weighted by Gasteiger charge is -2.27. The highest BCUT2D eigenvalue weighted by Gasteiger charge is 2.35. The van der Waals surface area contributed by atoms with Crippen molar-refractivity contribution in [2.45, 2.75) is 13.5 Å². The quantitative estimate of drug-likeness (QED) is 0.222. The van der Waals surface area contributed by atoms with Crippen LogP contribution in [0.25, 0.3) is 17.4 Å². The smallest absolute Gasteiger partial charge is 0.273 e. The number of furan rings is 1. The summed E-state index contributed by atoms with van der Waals surface area (Å²) in [4.78, 5) is 37.7. The molecule has 1 aromatic heterocycles. The van der Waals surface area contributed by atoms with E-state index in [9.17, 15) is 25.0 Å². The maximum Gasteiger partial charge on any atom is 0.273 e. The van der Waals surface area contributed by atoms with E-state index in [1.54, 1.807) is 43.3 Å². The second-order valence-corrected chi connectivity index (χ2v) is 7.70. The third kappa shape index (κ3) is 4.45. The summed E-state index contributed by atoms with van der Waals surface area (Å²) in [6.45, 7) is 1.57. The predicted molar refractivity (Wildman–Crippen MR) is 126 cm³/mol. The van der Waals surface area contributed by atoms with Crippen molar-refractivity contribution < 1.29 is 23.7 Å². The van der Waals surface area contributed by atoms with Gasteiger partial charge in [-0.25, -0.2) is 0 Å². The highest BCUT2D eigenvalue weighted by Crippen LogP contribution is 2.35. The van der Waals surface area contributed by atoms with E-state index in [0.717, 1.165) is 10.5 Å². The molecule has 0 atom stereocenters. The van der Waals surface area contributed by atoms with Crippen molar-refractivity contribution in [3.63, 3.8) is 0 Å². The Morgan fingerprint density at radius 3 is 2.51 bits per heavy atom. The molecule has 2 amide bonds. The number of carbonyl (C=O) groups excluding carboxylic acids is 2. The number of methoxy groups -OCH3 is 1. The number of nitrogens with zero attached hydrogens (tertiary/aromatic N) is 3. The molecule has 0 fully saturated rings. The molecule has 174 valence electrons. The fourth-order valence-corrected chi connectivity index (χ4v) is 3.75. The summed E-state index contributed by atoms with van der Waals surface area (Å²) < 4.78 is 11.1. The Bertz CT molecular complexity index is 1440. The van der Waals surface area contributed by atoms with Crippen LogP contribution < -0.4 is 4.74 Å². The number of carbonyl (C=O) groups is 2. The molecular formula is C26H19N3O6. The summed E-state index contributed by atoms with van der Waals surface area (Å²) in [6, 6.07) is 18.3. The first-order chi connectivity index (χ1) is 16.8. The lowest BCUT2D eigenvalue weighted by Crippen LogP contribution is -2.42. The molecule has 9 heteroatoms. The molecule has 2 heterocycles. The van der Waals surface area contributed by atoms with Crippen LogP contribution in [0.3, 0.4) is 0 Å². The molecule has 0 N–H and O–H groups in total. The number of benzene rings is 2. The van der Waals surface area contributed by atoms with E-state index in [1.807, 2.05) is 12.1 Å². The highest BCUT2D eigenvalue weighted by atomic mass is 16.6. The van der Waals surface area contributed by atoms with Gasteiger partial charge in [-0.2, -0.15) is 5.26 Å². The zero-order valence-corrected chi connectivity index (χ0v) is 18.8. The molecule has 0 radical (unpaired) electrons. The van der Waals surface area contributed by atoms with Crippen molar-refractivity contribution in [1.82, 2.24) is 4.90 Å². The molecule has 4 rings (SSSR count). The molecule has 0 bridgehead atoms. The van der Waals surface area contributed by atoms with Crippen LogP contribution in [0.5, 0.6) is 5.75 Å². The standard InChI is InChI=1S/C26H19N3O6/c1-16-21(25(30)28(26(31)22(16)14-27)15-17-6-4-3-5-7-17)13-19-9-11-23(35-19)20-10-8-18(29(32)33)12-24(20)34-2/h3-13H,15H2,1-2H3/b21-13+. The molecule has 35 heavy (non-hydrogen) atoms. The van der Waals surface area contributed by atoms with Gasteiger partial charge in [0.2, 0.25) is 0 Å². The number of nitro benzene ring substituents is 1. The zero-order valence-electron chi connectivity index (χ0n) is 18.8. The molecule has 0 aliphatic carbocycles. The van der Waals surface area contributed by atoms with Crippen molar-refractivity contribution in [3.05, 3.63) is 98.8 Å². The van der Waals surface area contributed by atoms with Crippen LogP contribution in [0.1, 0.15) is 18.2 Å². The van der Waals surface area contributed by atoms with Gasteiger partial charge in [-0.3, -0.25) is 24.6 Å². The van der Waals surface area contributed by atoms with Gasteiger partial charge in [-0.15, -0.1) is 0 Å². The summed E-state index contributed by atoms with van der Waals surface area (Å²) in [7, 11) is 1.39. The number of ether oxygens (including phenoxy) is 1. The fourth-order valence-electron chi connectivity index (χ4n) is 3.75. The number of nitriles is 1. The number of hydrogen-bond acceptors (Lipinski definition) is 7. The Hall–Kier alpha value is -4.97. The lowest BCUT2D eigenvalue weighted by atomic mass is 9.94. The van der Waals surface area contributed by atoms with Crippen LogP contribution in [-0.4, -0.2) is 28.7 Å². The van der Waals surface area contributed by atoms with Crippen LogP contribution in [0, 0.1) is 21.4 Å². The monoisotopic (exact) mass is 469 g/mol. The van der Waals surface area contributed by atoms with Crippen LogP contribution in [0.15, 0.2) is 81.8 Å². The topological polar surface area (TPSA) is 127 Å². The van der Waals surface area contributed by atoms with Crippen molar-refractivity contribution >= 4 is 23.6 Å². The fraction of sp³-hybridized carbons (Fsp3) is 0.115. The summed E-state index contributed by atoms with van der Waals surface area (Å²) in [5.74, 6) is -0.266. The van der Waals surface area contributed by atoms with Crippen molar-refractivity contribution in [2.75, 3.05) is 7.11 Å². The summed E-state index contributed by atoms with van der Waals surface area (Å²) in [5.41, 5.74) is 1.42. The largest absolute Gasteiger partial charge is 0.496 e. The SMILES string of the molecule is COc1cc([N+](=O)[O-])ccc1-c1ccc(/C=C2/C(=O)N(Cc3ccccc3)C(=O)C(C#N)=C2C)o1. The average molecular weight is 469 g/mol. The predicted octanol–water partition coefficient (Wildman–Crippen LogP) is 4.66. The molecule has 0 unspecified atom stereocenters. The van der Waals surface area contributed by atoms with Gasteiger partial charge < -0.3 is 9.15 Å². The maximum atomic E-state index is 13.3. The number of hydrogen-bond donors (Lipinski definition) is 0. The van der Waals surface area contributed by atoms with Gasteiger partial charge >= 0.3 is 0 Å². The van der Waals surface area contributed by atoms with Crippen molar-refractivity contribution in [3.8, 4) is 23.1 Å². The van der Waals surface area contributed by atoms with E-state index in [-0.39, 0.29) is 34.7 Å². The molecular weight excluding hydrogens is 450 g/mol. The summed E-state index contributed by atoms with van der Waals surface area (Å²) in [6.07, 6.45) is 1.47. The van der Waals surface area contributed by atoms with E-state index < -0.39 is 16.7 Å².